The van der Waals surface area contributed by atoms with E-state index in [1.54, 1.807) is 6.33 Å². The van der Waals surface area contributed by atoms with Gasteiger partial charge >= 0.3 is 0 Å². The maximum absolute atomic E-state index is 4.70. The van der Waals surface area contributed by atoms with E-state index < -0.39 is 0 Å². The molecule has 1 aliphatic carbocycles. The minimum absolute atomic E-state index is 0.553. The number of piperazine rings is 1. The van der Waals surface area contributed by atoms with Crippen LogP contribution in [-0.4, -0.2) is 45.7 Å². The third-order valence-electron chi connectivity index (χ3n) is 5.76. The first-order valence-electron chi connectivity index (χ1n) is 9.62. The van der Waals surface area contributed by atoms with Gasteiger partial charge in [-0.1, -0.05) is 31.0 Å². The Kier molecular flexibility index (Phi) is 3.96. The molecule has 0 spiro atoms. The summed E-state index contributed by atoms with van der Waals surface area (Å²) in [5.74, 6) is 0.986. The van der Waals surface area contributed by atoms with Crippen molar-refractivity contribution in [1.29, 1.82) is 0 Å². The molecule has 26 heavy (non-hydrogen) atoms. The van der Waals surface area contributed by atoms with Gasteiger partial charge in [-0.05, 0) is 25.0 Å². The molecule has 5 rings (SSSR count). The Balaban J connectivity index is 1.38. The van der Waals surface area contributed by atoms with Gasteiger partial charge in [0.2, 0.25) is 0 Å². The van der Waals surface area contributed by atoms with Crippen LogP contribution in [0.4, 0.5) is 11.5 Å². The Hall–Kier alpha value is -2.63. The lowest BCUT2D eigenvalue weighted by molar-refractivity contribution is 0.529. The van der Waals surface area contributed by atoms with Crippen molar-refractivity contribution < 1.29 is 0 Å². The Morgan fingerprint density at radius 2 is 1.54 bits per heavy atom. The van der Waals surface area contributed by atoms with Gasteiger partial charge in [-0.2, -0.15) is 0 Å². The molecule has 3 aromatic rings. The van der Waals surface area contributed by atoms with Gasteiger partial charge in [-0.25, -0.2) is 15.0 Å². The van der Waals surface area contributed by atoms with Crippen molar-refractivity contribution in [1.82, 2.24) is 19.5 Å². The largest absolute Gasteiger partial charge is 0.368 e. The fourth-order valence-corrected chi connectivity index (χ4v) is 4.34. The van der Waals surface area contributed by atoms with E-state index in [1.807, 2.05) is 6.33 Å². The van der Waals surface area contributed by atoms with Crippen molar-refractivity contribution in [2.24, 2.45) is 0 Å². The molecule has 1 aliphatic heterocycles. The Morgan fingerprint density at radius 1 is 0.808 bits per heavy atom. The van der Waals surface area contributed by atoms with E-state index in [2.05, 4.69) is 54.7 Å². The van der Waals surface area contributed by atoms with Gasteiger partial charge in [0.15, 0.2) is 17.0 Å². The van der Waals surface area contributed by atoms with Gasteiger partial charge in [0, 0.05) is 37.9 Å². The Morgan fingerprint density at radius 3 is 2.31 bits per heavy atom. The first-order valence-corrected chi connectivity index (χ1v) is 9.62. The quantitative estimate of drug-likeness (QED) is 0.727. The zero-order valence-corrected chi connectivity index (χ0v) is 15.0. The first-order chi connectivity index (χ1) is 12.9. The third kappa shape index (κ3) is 2.69. The van der Waals surface area contributed by atoms with E-state index in [1.165, 1.54) is 31.4 Å². The van der Waals surface area contributed by atoms with Crippen molar-refractivity contribution >= 4 is 22.7 Å². The van der Waals surface area contributed by atoms with Crippen LogP contribution in [0.5, 0.6) is 0 Å². The topological polar surface area (TPSA) is 50.1 Å². The summed E-state index contributed by atoms with van der Waals surface area (Å²) in [7, 11) is 0. The number of aromatic nitrogens is 4. The Bertz CT molecular complexity index is 876. The van der Waals surface area contributed by atoms with Gasteiger partial charge < -0.3 is 14.4 Å². The molecular formula is C20H24N6. The van der Waals surface area contributed by atoms with Crippen molar-refractivity contribution in [2.75, 3.05) is 36.0 Å². The molecule has 3 heterocycles. The fraction of sp³-hybridized carbons (Fsp3) is 0.450. The van der Waals surface area contributed by atoms with Crippen LogP contribution < -0.4 is 9.80 Å². The van der Waals surface area contributed by atoms with Crippen LogP contribution in [0, 0.1) is 0 Å². The van der Waals surface area contributed by atoms with Crippen LogP contribution in [0.3, 0.4) is 0 Å². The molecule has 6 heteroatoms. The van der Waals surface area contributed by atoms with Crippen molar-refractivity contribution in [2.45, 2.75) is 31.7 Å². The maximum atomic E-state index is 4.70. The summed E-state index contributed by atoms with van der Waals surface area (Å²) in [5, 5.41) is 0. The highest BCUT2D eigenvalue weighted by Gasteiger charge is 2.24. The van der Waals surface area contributed by atoms with Crippen molar-refractivity contribution in [3.8, 4) is 0 Å². The normalized spacial score (nSPS) is 18.8. The second-order valence-electron chi connectivity index (χ2n) is 7.27. The van der Waals surface area contributed by atoms with E-state index in [0.717, 1.165) is 43.2 Å². The standard InChI is InChI=1S/C20H24N6/c1-2-6-16(7-3-1)24-10-12-25(13-11-24)19-18-20(22-14-21-19)26(15-23-18)17-8-4-5-9-17/h1-3,6-7,14-15,17H,4-5,8-13H2. The second-order valence-corrected chi connectivity index (χ2v) is 7.27. The van der Waals surface area contributed by atoms with E-state index in [9.17, 15) is 0 Å². The molecular weight excluding hydrogens is 324 g/mol. The van der Waals surface area contributed by atoms with Gasteiger partial charge in [-0.3, -0.25) is 0 Å². The third-order valence-corrected chi connectivity index (χ3v) is 5.76. The molecule has 2 aliphatic rings. The zero-order valence-electron chi connectivity index (χ0n) is 15.0. The summed E-state index contributed by atoms with van der Waals surface area (Å²) in [6.07, 6.45) is 8.77. The summed E-state index contributed by atoms with van der Waals surface area (Å²) < 4.78 is 2.27. The van der Waals surface area contributed by atoms with Crippen LogP contribution >= 0.6 is 0 Å². The lowest BCUT2D eigenvalue weighted by atomic mass is 10.2. The lowest BCUT2D eigenvalue weighted by Crippen LogP contribution is -2.46. The molecule has 0 radical (unpaired) electrons. The predicted molar refractivity (Wildman–Crippen MR) is 104 cm³/mol. The van der Waals surface area contributed by atoms with Crippen LogP contribution in [0.2, 0.25) is 0 Å². The lowest BCUT2D eigenvalue weighted by Gasteiger charge is -2.36. The molecule has 2 aromatic heterocycles. The average molecular weight is 348 g/mol. The molecule has 1 saturated carbocycles. The SMILES string of the molecule is c1ccc(N2CCN(c3ncnc4c3ncn4C3CCCC3)CC2)cc1. The van der Waals surface area contributed by atoms with Gasteiger partial charge in [0.25, 0.3) is 0 Å². The highest BCUT2D eigenvalue weighted by molar-refractivity contribution is 5.83. The number of nitrogens with zero attached hydrogens (tertiary/aromatic N) is 6. The average Bonchev–Trinajstić information content (AvgIpc) is 3.38. The molecule has 0 unspecified atom stereocenters. The maximum Gasteiger partial charge on any atom is 0.165 e. The van der Waals surface area contributed by atoms with E-state index in [0.29, 0.717) is 6.04 Å². The minimum atomic E-state index is 0.553. The summed E-state index contributed by atoms with van der Waals surface area (Å²) in [6.45, 7) is 3.91. The molecule has 1 saturated heterocycles. The number of rotatable bonds is 3. The summed E-state index contributed by atoms with van der Waals surface area (Å²) >= 11 is 0. The number of para-hydroxylation sites is 1. The summed E-state index contributed by atoms with van der Waals surface area (Å²) in [6, 6.07) is 11.2. The number of imidazole rings is 1. The summed E-state index contributed by atoms with van der Waals surface area (Å²) in [4.78, 5) is 18.6. The van der Waals surface area contributed by atoms with Crippen LogP contribution in [0.25, 0.3) is 11.2 Å². The first kappa shape index (κ1) is 15.6. The molecule has 0 amide bonds. The number of fused-ring (bicyclic) bond motifs is 1. The number of benzene rings is 1. The smallest absolute Gasteiger partial charge is 0.165 e. The highest BCUT2D eigenvalue weighted by atomic mass is 15.3. The number of hydrogen-bond donors (Lipinski definition) is 0. The number of hydrogen-bond acceptors (Lipinski definition) is 5. The van der Waals surface area contributed by atoms with Crippen LogP contribution in [-0.2, 0) is 0 Å². The molecule has 0 atom stereocenters. The molecule has 6 nitrogen and oxygen atoms in total. The van der Waals surface area contributed by atoms with Crippen LogP contribution in [0.1, 0.15) is 31.7 Å². The molecule has 1 aromatic carbocycles. The van der Waals surface area contributed by atoms with Crippen molar-refractivity contribution in [3.63, 3.8) is 0 Å². The fourth-order valence-electron chi connectivity index (χ4n) is 4.34. The van der Waals surface area contributed by atoms with Gasteiger partial charge in [-0.15, -0.1) is 0 Å². The Labute approximate surface area is 153 Å². The summed E-state index contributed by atoms with van der Waals surface area (Å²) in [5.41, 5.74) is 3.24. The minimum Gasteiger partial charge on any atom is -0.368 e. The van der Waals surface area contributed by atoms with E-state index in [-0.39, 0.29) is 0 Å². The second kappa shape index (κ2) is 6.59. The molecule has 2 fully saturated rings. The van der Waals surface area contributed by atoms with Gasteiger partial charge in [0.05, 0.1) is 6.33 Å². The van der Waals surface area contributed by atoms with Crippen LogP contribution in [0.15, 0.2) is 43.0 Å². The predicted octanol–water partition coefficient (Wildman–Crippen LogP) is 3.27. The van der Waals surface area contributed by atoms with Gasteiger partial charge in [0.1, 0.15) is 6.33 Å². The highest BCUT2D eigenvalue weighted by Crippen LogP contribution is 2.33. The monoisotopic (exact) mass is 348 g/mol. The number of anilines is 2. The zero-order chi connectivity index (χ0) is 17.3. The molecule has 0 bridgehead atoms. The molecule has 134 valence electrons. The van der Waals surface area contributed by atoms with E-state index >= 15 is 0 Å². The van der Waals surface area contributed by atoms with E-state index in [4.69, 9.17) is 4.98 Å². The van der Waals surface area contributed by atoms with Crippen molar-refractivity contribution in [3.05, 3.63) is 43.0 Å². The molecule has 0 N–H and O–H groups in total.